The van der Waals surface area contributed by atoms with Crippen molar-refractivity contribution in [3.63, 3.8) is 0 Å². The molecule has 0 aliphatic heterocycles. The molecule has 0 saturated carbocycles. The van der Waals surface area contributed by atoms with Gasteiger partial charge < -0.3 is 15.2 Å². The molecule has 0 spiro atoms. The molecule has 0 aromatic carbocycles. The fourth-order valence-electron chi connectivity index (χ4n) is 0.562. The summed E-state index contributed by atoms with van der Waals surface area (Å²) in [6.07, 6.45) is 1.09. The van der Waals surface area contributed by atoms with E-state index in [0.29, 0.717) is 0 Å². The van der Waals surface area contributed by atoms with Gasteiger partial charge in [0.25, 0.3) is 0 Å². The topological polar surface area (TPSA) is 78.6 Å². The minimum atomic E-state index is -0.535. The van der Waals surface area contributed by atoms with E-state index >= 15 is 0 Å². The average molecular weight is 187 g/mol. The summed E-state index contributed by atoms with van der Waals surface area (Å²) in [6, 6.07) is 0. The van der Waals surface area contributed by atoms with E-state index in [9.17, 15) is 9.59 Å². The summed E-state index contributed by atoms with van der Waals surface area (Å²) in [5.74, 6) is -0.979. The first-order chi connectivity index (χ1) is 6.06. The van der Waals surface area contributed by atoms with Gasteiger partial charge in [0.2, 0.25) is 0 Å². The van der Waals surface area contributed by atoms with Crippen LogP contribution in [0.4, 0.5) is 0 Å². The van der Waals surface area contributed by atoms with Gasteiger partial charge in [0, 0.05) is 13.0 Å². The van der Waals surface area contributed by atoms with Crippen LogP contribution < -0.4 is 5.73 Å². The maximum absolute atomic E-state index is 10.8. The smallest absolute Gasteiger partial charge is 0.332 e. The molecule has 74 valence electrons. The Morgan fingerprint density at radius 2 is 2.00 bits per heavy atom. The normalized spacial score (nSPS) is 10.8. The summed E-state index contributed by atoms with van der Waals surface area (Å²) < 4.78 is 9.13. The molecular formula is C8H13NO4. The number of esters is 2. The molecule has 5 heteroatoms. The predicted molar refractivity (Wildman–Crippen MR) is 45.5 cm³/mol. The van der Waals surface area contributed by atoms with E-state index in [1.807, 2.05) is 0 Å². The monoisotopic (exact) mass is 187 g/mol. The van der Waals surface area contributed by atoms with Crippen molar-refractivity contribution in [3.05, 3.63) is 11.8 Å². The van der Waals surface area contributed by atoms with Crippen LogP contribution in [0.5, 0.6) is 0 Å². The van der Waals surface area contributed by atoms with Crippen LogP contribution in [-0.4, -0.2) is 25.2 Å². The molecular weight excluding hydrogens is 174 g/mol. The maximum atomic E-state index is 10.8. The van der Waals surface area contributed by atoms with Gasteiger partial charge in [0.05, 0.1) is 12.3 Å². The molecule has 5 nitrogen and oxygen atoms in total. The molecule has 13 heavy (non-hydrogen) atoms. The van der Waals surface area contributed by atoms with Crippen molar-refractivity contribution in [3.8, 4) is 0 Å². The number of carbonyl (C=O) groups is 2. The lowest BCUT2D eigenvalue weighted by molar-refractivity contribution is -0.141. The third-order valence-corrected chi connectivity index (χ3v) is 1.03. The number of rotatable bonds is 4. The summed E-state index contributed by atoms with van der Waals surface area (Å²) in [6.45, 7) is 3.15. The molecule has 0 aliphatic carbocycles. The standard InChI is InChI=1S/C8H13NO4/c1-3-12-8(11)4-7(9)5-13-6(2)10/h4H,3,5,9H2,1-2H3. The van der Waals surface area contributed by atoms with Crippen LogP contribution >= 0.6 is 0 Å². The first kappa shape index (κ1) is 11.5. The van der Waals surface area contributed by atoms with Crippen LogP contribution in [0.2, 0.25) is 0 Å². The van der Waals surface area contributed by atoms with Gasteiger partial charge in [0.1, 0.15) is 6.61 Å². The molecule has 0 rings (SSSR count). The molecule has 0 saturated heterocycles. The third-order valence-electron chi connectivity index (χ3n) is 1.03. The Kier molecular flexibility index (Phi) is 5.34. The Morgan fingerprint density at radius 3 is 2.46 bits per heavy atom. The van der Waals surface area contributed by atoms with Crippen LogP contribution in [0.15, 0.2) is 11.8 Å². The maximum Gasteiger partial charge on any atom is 0.332 e. The number of nitrogens with two attached hydrogens (primary N) is 1. The van der Waals surface area contributed by atoms with Gasteiger partial charge in [0.15, 0.2) is 0 Å². The number of hydrogen-bond acceptors (Lipinski definition) is 5. The fraction of sp³-hybridized carbons (Fsp3) is 0.500. The van der Waals surface area contributed by atoms with Gasteiger partial charge in [-0.1, -0.05) is 0 Å². The lowest BCUT2D eigenvalue weighted by Crippen LogP contribution is -2.12. The van der Waals surface area contributed by atoms with Crippen LogP contribution in [0, 0.1) is 0 Å². The van der Waals surface area contributed by atoms with Crippen molar-refractivity contribution in [2.45, 2.75) is 13.8 Å². The van der Waals surface area contributed by atoms with Crippen LogP contribution in [-0.2, 0) is 19.1 Å². The molecule has 0 fully saturated rings. The number of ether oxygens (including phenoxy) is 2. The van der Waals surface area contributed by atoms with E-state index in [4.69, 9.17) is 5.73 Å². The predicted octanol–water partition coefficient (Wildman–Crippen LogP) is -0.0448. The molecule has 0 aromatic heterocycles. The highest BCUT2D eigenvalue weighted by atomic mass is 16.5. The van der Waals surface area contributed by atoms with E-state index in [0.717, 1.165) is 6.08 Å². The number of carbonyl (C=O) groups excluding carboxylic acids is 2. The summed E-state index contributed by atoms with van der Waals surface area (Å²) in [7, 11) is 0. The van der Waals surface area contributed by atoms with Crippen LogP contribution in [0.3, 0.4) is 0 Å². The Labute approximate surface area is 76.5 Å². The van der Waals surface area contributed by atoms with Crippen LogP contribution in [0.25, 0.3) is 0 Å². The molecule has 0 amide bonds. The fourth-order valence-corrected chi connectivity index (χ4v) is 0.562. The van der Waals surface area contributed by atoms with Gasteiger partial charge >= 0.3 is 11.9 Å². The second-order valence-corrected chi connectivity index (χ2v) is 2.25. The van der Waals surface area contributed by atoms with Crippen molar-refractivity contribution >= 4 is 11.9 Å². The summed E-state index contributed by atoms with van der Waals surface area (Å²) in [5, 5.41) is 0. The highest BCUT2D eigenvalue weighted by Crippen LogP contribution is 1.89. The van der Waals surface area contributed by atoms with Crippen LogP contribution in [0.1, 0.15) is 13.8 Å². The highest BCUT2D eigenvalue weighted by Gasteiger charge is 2.00. The average Bonchev–Trinajstić information content (AvgIpc) is 2.01. The molecule has 0 aliphatic rings. The summed E-state index contributed by atoms with van der Waals surface area (Å²) in [5.41, 5.74) is 5.50. The lowest BCUT2D eigenvalue weighted by atomic mass is 10.4. The van der Waals surface area contributed by atoms with E-state index in [-0.39, 0.29) is 18.9 Å². The Balaban J connectivity index is 3.87. The van der Waals surface area contributed by atoms with Gasteiger partial charge in [-0.25, -0.2) is 4.79 Å². The Morgan fingerprint density at radius 1 is 1.38 bits per heavy atom. The zero-order chi connectivity index (χ0) is 10.3. The third kappa shape index (κ3) is 6.86. The zero-order valence-corrected chi connectivity index (χ0v) is 7.70. The molecule has 0 atom stereocenters. The highest BCUT2D eigenvalue weighted by molar-refractivity contribution is 5.82. The molecule has 0 unspecified atom stereocenters. The van der Waals surface area contributed by atoms with Crippen molar-refractivity contribution < 1.29 is 19.1 Å². The van der Waals surface area contributed by atoms with E-state index in [1.165, 1.54) is 6.92 Å². The quantitative estimate of drug-likeness (QED) is 0.493. The van der Waals surface area contributed by atoms with E-state index in [1.54, 1.807) is 6.92 Å². The van der Waals surface area contributed by atoms with Crippen molar-refractivity contribution in [1.82, 2.24) is 0 Å². The second-order valence-electron chi connectivity index (χ2n) is 2.25. The van der Waals surface area contributed by atoms with E-state index < -0.39 is 11.9 Å². The van der Waals surface area contributed by atoms with Gasteiger partial charge in [-0.05, 0) is 6.92 Å². The minimum absolute atomic E-state index is 0.0891. The first-order valence-electron chi connectivity index (χ1n) is 3.82. The van der Waals surface area contributed by atoms with Crippen molar-refractivity contribution in [1.29, 1.82) is 0 Å². The molecule has 0 bridgehead atoms. The molecule has 0 radical (unpaired) electrons. The largest absolute Gasteiger partial charge is 0.463 e. The van der Waals surface area contributed by atoms with Gasteiger partial charge in [-0.3, -0.25) is 4.79 Å². The Bertz CT molecular complexity index is 222. The Hall–Kier alpha value is -1.52. The number of hydrogen-bond donors (Lipinski definition) is 1. The van der Waals surface area contributed by atoms with Crippen molar-refractivity contribution in [2.75, 3.05) is 13.2 Å². The zero-order valence-electron chi connectivity index (χ0n) is 7.70. The SMILES string of the molecule is CCOC(=O)C=C(N)COC(C)=O. The first-order valence-corrected chi connectivity index (χ1v) is 3.82. The lowest BCUT2D eigenvalue weighted by Gasteiger charge is -2.01. The van der Waals surface area contributed by atoms with Crippen molar-refractivity contribution in [2.24, 2.45) is 5.73 Å². The molecule has 2 N–H and O–H groups in total. The second kappa shape index (κ2) is 6.05. The van der Waals surface area contributed by atoms with E-state index in [2.05, 4.69) is 9.47 Å². The minimum Gasteiger partial charge on any atom is -0.463 e. The molecule has 0 aromatic rings. The van der Waals surface area contributed by atoms with Gasteiger partial charge in [-0.15, -0.1) is 0 Å². The molecule has 0 heterocycles. The summed E-state index contributed by atoms with van der Waals surface area (Å²) >= 11 is 0. The summed E-state index contributed by atoms with van der Waals surface area (Å²) in [4.78, 5) is 21.1. The van der Waals surface area contributed by atoms with Gasteiger partial charge in [-0.2, -0.15) is 0 Å².